The Hall–Kier alpha value is -0.500. The van der Waals surface area contributed by atoms with E-state index in [0.29, 0.717) is 6.54 Å². The molecule has 2 nitrogen and oxygen atoms in total. The Labute approximate surface area is 165 Å². The fraction of sp³-hybridized carbons (Fsp3) is 0.917. The van der Waals surface area contributed by atoms with Crippen LogP contribution in [0.3, 0.4) is 0 Å². The highest BCUT2D eigenvalue weighted by molar-refractivity contribution is 4.78. The smallest absolute Gasteiger partial charge is 0.0603 e. The number of nitrogens with one attached hydrogen (secondary N) is 1. The summed E-state index contributed by atoms with van der Waals surface area (Å²) in [5.41, 5.74) is 0. The minimum Gasteiger partial charge on any atom is -0.395 e. The van der Waals surface area contributed by atoms with Gasteiger partial charge in [-0.15, -0.1) is 0 Å². The van der Waals surface area contributed by atoms with Crippen molar-refractivity contribution in [1.29, 1.82) is 0 Å². The predicted octanol–water partition coefficient (Wildman–Crippen LogP) is 7.51. The van der Waals surface area contributed by atoms with Gasteiger partial charge in [0.15, 0.2) is 0 Å². The Balaban J connectivity index is 3.00. The van der Waals surface area contributed by atoms with E-state index in [2.05, 4.69) is 18.3 Å². The number of aliphatic hydroxyl groups excluding tert-OH is 1. The van der Waals surface area contributed by atoms with Crippen LogP contribution in [0.2, 0.25) is 0 Å². The van der Waals surface area contributed by atoms with Crippen molar-refractivity contribution in [2.24, 2.45) is 0 Å². The van der Waals surface area contributed by atoms with Crippen molar-refractivity contribution in [3.05, 3.63) is 12.3 Å². The van der Waals surface area contributed by atoms with Crippen LogP contribution in [0, 0.1) is 0 Å². The zero-order valence-electron chi connectivity index (χ0n) is 18.0. The van der Waals surface area contributed by atoms with E-state index in [1.807, 2.05) is 6.20 Å². The molecular weight excluding hydrogens is 318 g/mol. The number of hydrogen-bond donors (Lipinski definition) is 2. The molecule has 0 aromatic carbocycles. The number of allylic oxidation sites excluding steroid dienone is 1. The Kier molecular flexibility index (Phi) is 24.0. The molecule has 0 aliphatic carbocycles. The molecule has 0 saturated heterocycles. The van der Waals surface area contributed by atoms with Gasteiger partial charge in [-0.05, 0) is 19.0 Å². The van der Waals surface area contributed by atoms with Gasteiger partial charge < -0.3 is 10.4 Å². The van der Waals surface area contributed by atoms with E-state index in [9.17, 15) is 0 Å². The van der Waals surface area contributed by atoms with Crippen LogP contribution in [-0.2, 0) is 0 Å². The Morgan fingerprint density at radius 2 is 0.962 bits per heavy atom. The molecule has 156 valence electrons. The molecule has 0 aromatic heterocycles. The molecular formula is C24H49NO. The summed E-state index contributed by atoms with van der Waals surface area (Å²) in [6.45, 7) is 3.17. The molecule has 0 spiro atoms. The molecule has 26 heavy (non-hydrogen) atoms. The maximum absolute atomic E-state index is 8.64. The summed E-state index contributed by atoms with van der Waals surface area (Å²) in [5.74, 6) is 0. The molecule has 0 rings (SSSR count). The van der Waals surface area contributed by atoms with Crippen molar-refractivity contribution in [2.75, 3.05) is 13.2 Å². The van der Waals surface area contributed by atoms with Gasteiger partial charge in [-0.1, -0.05) is 122 Å². The topological polar surface area (TPSA) is 32.3 Å². The fourth-order valence-corrected chi connectivity index (χ4v) is 3.48. The standard InChI is InChI=1S/C24H49NO/c1-2-3-4-5-6-7-8-9-10-11-12-13-14-15-16-17-18-19-20-21-22-25-23-24-26/h21-22,25-26H,2-20,23-24H2,1H3. The lowest BCUT2D eigenvalue weighted by molar-refractivity contribution is 0.298. The average Bonchev–Trinajstić information content (AvgIpc) is 2.66. The van der Waals surface area contributed by atoms with Crippen LogP contribution in [0.1, 0.15) is 129 Å². The maximum Gasteiger partial charge on any atom is 0.0603 e. The van der Waals surface area contributed by atoms with Crippen LogP contribution < -0.4 is 5.32 Å². The molecule has 0 saturated carbocycles. The summed E-state index contributed by atoms with van der Waals surface area (Å²) >= 11 is 0. The fourth-order valence-electron chi connectivity index (χ4n) is 3.48. The molecule has 2 N–H and O–H groups in total. The first-order chi connectivity index (χ1) is 12.9. The lowest BCUT2D eigenvalue weighted by atomic mass is 10.0. The van der Waals surface area contributed by atoms with E-state index in [-0.39, 0.29) is 6.61 Å². The lowest BCUT2D eigenvalue weighted by Gasteiger charge is -2.03. The predicted molar refractivity (Wildman–Crippen MR) is 118 cm³/mol. The van der Waals surface area contributed by atoms with Crippen LogP contribution in [0.5, 0.6) is 0 Å². The SMILES string of the molecule is CCCCCCCCCCCCCCCCCCCCC=CNCCO. The van der Waals surface area contributed by atoms with Gasteiger partial charge in [0.1, 0.15) is 0 Å². The quantitative estimate of drug-likeness (QED) is 0.194. The molecule has 0 unspecified atom stereocenters. The van der Waals surface area contributed by atoms with Crippen LogP contribution >= 0.6 is 0 Å². The Bertz CT molecular complexity index is 265. The molecule has 2 heteroatoms. The molecule has 0 heterocycles. The second-order valence-corrected chi connectivity index (χ2v) is 7.88. The van der Waals surface area contributed by atoms with Gasteiger partial charge >= 0.3 is 0 Å². The van der Waals surface area contributed by atoms with E-state index in [1.54, 1.807) is 0 Å². The third kappa shape index (κ3) is 23.5. The molecule has 0 atom stereocenters. The highest BCUT2D eigenvalue weighted by Gasteiger charge is 1.94. The van der Waals surface area contributed by atoms with E-state index in [0.717, 1.165) is 6.42 Å². The average molecular weight is 368 g/mol. The molecule has 0 aromatic rings. The van der Waals surface area contributed by atoms with Gasteiger partial charge in [-0.2, -0.15) is 0 Å². The largest absolute Gasteiger partial charge is 0.395 e. The first-order valence-corrected chi connectivity index (χ1v) is 11.9. The van der Waals surface area contributed by atoms with E-state index in [4.69, 9.17) is 5.11 Å². The van der Waals surface area contributed by atoms with Gasteiger partial charge in [0.2, 0.25) is 0 Å². The summed E-state index contributed by atoms with van der Waals surface area (Å²) in [6.07, 6.45) is 31.1. The molecule has 0 bridgehead atoms. The highest BCUT2D eigenvalue weighted by Crippen LogP contribution is 2.14. The molecule has 0 amide bonds. The first kappa shape index (κ1) is 25.5. The molecule has 0 aliphatic rings. The second kappa shape index (κ2) is 24.5. The zero-order valence-corrected chi connectivity index (χ0v) is 18.0. The minimum atomic E-state index is 0.212. The summed E-state index contributed by atoms with van der Waals surface area (Å²) in [5, 5.41) is 11.7. The monoisotopic (exact) mass is 367 g/mol. The van der Waals surface area contributed by atoms with Gasteiger partial charge in [-0.3, -0.25) is 0 Å². The summed E-state index contributed by atoms with van der Waals surface area (Å²) < 4.78 is 0. The number of aliphatic hydroxyl groups is 1. The second-order valence-electron chi connectivity index (χ2n) is 7.88. The van der Waals surface area contributed by atoms with E-state index in [1.165, 1.54) is 116 Å². The van der Waals surface area contributed by atoms with Crippen LogP contribution in [0.25, 0.3) is 0 Å². The van der Waals surface area contributed by atoms with E-state index < -0.39 is 0 Å². The van der Waals surface area contributed by atoms with Crippen molar-refractivity contribution in [2.45, 2.75) is 129 Å². The maximum atomic E-state index is 8.64. The number of hydrogen-bond acceptors (Lipinski definition) is 2. The Morgan fingerprint density at radius 3 is 1.35 bits per heavy atom. The number of rotatable bonds is 22. The van der Waals surface area contributed by atoms with E-state index >= 15 is 0 Å². The highest BCUT2D eigenvalue weighted by atomic mass is 16.3. The zero-order chi connectivity index (χ0) is 19.0. The first-order valence-electron chi connectivity index (χ1n) is 11.9. The van der Waals surface area contributed by atoms with Crippen molar-refractivity contribution in [1.82, 2.24) is 5.32 Å². The summed E-state index contributed by atoms with van der Waals surface area (Å²) in [7, 11) is 0. The third-order valence-electron chi connectivity index (χ3n) is 5.22. The molecule has 0 fully saturated rings. The lowest BCUT2D eigenvalue weighted by Crippen LogP contribution is -2.10. The van der Waals surface area contributed by atoms with Crippen LogP contribution in [0.4, 0.5) is 0 Å². The van der Waals surface area contributed by atoms with Crippen molar-refractivity contribution in [3.63, 3.8) is 0 Å². The van der Waals surface area contributed by atoms with Gasteiger partial charge in [0, 0.05) is 6.54 Å². The normalized spacial score (nSPS) is 11.5. The van der Waals surface area contributed by atoms with Crippen molar-refractivity contribution < 1.29 is 5.11 Å². The van der Waals surface area contributed by atoms with Crippen LogP contribution in [-0.4, -0.2) is 18.3 Å². The third-order valence-corrected chi connectivity index (χ3v) is 5.22. The number of unbranched alkanes of at least 4 members (excludes halogenated alkanes) is 18. The van der Waals surface area contributed by atoms with Gasteiger partial charge in [0.05, 0.1) is 6.61 Å². The molecule has 0 radical (unpaired) electrons. The van der Waals surface area contributed by atoms with Crippen LogP contribution in [0.15, 0.2) is 12.3 Å². The van der Waals surface area contributed by atoms with Crippen molar-refractivity contribution >= 4 is 0 Å². The van der Waals surface area contributed by atoms with Gasteiger partial charge in [0.25, 0.3) is 0 Å². The van der Waals surface area contributed by atoms with Gasteiger partial charge in [-0.25, -0.2) is 0 Å². The minimum absolute atomic E-state index is 0.212. The van der Waals surface area contributed by atoms with Crippen molar-refractivity contribution in [3.8, 4) is 0 Å². The molecule has 0 aliphatic heterocycles. The Morgan fingerprint density at radius 1 is 0.577 bits per heavy atom. The summed E-state index contributed by atoms with van der Waals surface area (Å²) in [6, 6.07) is 0. The summed E-state index contributed by atoms with van der Waals surface area (Å²) in [4.78, 5) is 0.